The van der Waals surface area contributed by atoms with Crippen molar-refractivity contribution in [3.8, 4) is 0 Å². The van der Waals surface area contributed by atoms with Crippen LogP contribution in [0, 0.1) is 0 Å². The monoisotopic (exact) mass is 1150 g/mol. The molecule has 2 unspecified atom stereocenters. The average molecular weight is 1150 g/mol. The molecular formula is C71H124NO8P. The Labute approximate surface area is 499 Å². The minimum atomic E-state index is -4.41. The highest BCUT2D eigenvalue weighted by Crippen LogP contribution is 2.43. The van der Waals surface area contributed by atoms with Crippen molar-refractivity contribution < 1.29 is 37.6 Å². The van der Waals surface area contributed by atoms with E-state index in [2.05, 4.69) is 123 Å². The van der Waals surface area contributed by atoms with Gasteiger partial charge in [-0.3, -0.25) is 18.6 Å². The molecule has 0 heterocycles. The molecule has 0 radical (unpaired) electrons. The Bertz CT molecular complexity index is 1690. The molecule has 81 heavy (non-hydrogen) atoms. The smallest absolute Gasteiger partial charge is 0.462 e. The molecule has 466 valence electrons. The topological polar surface area (TPSA) is 134 Å². The Balaban J connectivity index is 3.92. The molecule has 10 heteroatoms. The number of allylic oxidation sites excluding steroid dienone is 18. The molecule has 9 nitrogen and oxygen atoms in total. The van der Waals surface area contributed by atoms with E-state index in [0.29, 0.717) is 6.42 Å². The predicted octanol–water partition coefficient (Wildman–Crippen LogP) is 21.7. The van der Waals surface area contributed by atoms with Crippen LogP contribution in [0.1, 0.15) is 296 Å². The first-order valence-corrected chi connectivity index (χ1v) is 34.9. The second kappa shape index (κ2) is 65.8. The second-order valence-electron chi connectivity index (χ2n) is 22.0. The quantitative estimate of drug-likeness (QED) is 0.0264. The number of esters is 2. The molecule has 0 fully saturated rings. The fraction of sp³-hybridized carbons (Fsp3) is 0.718. The maximum atomic E-state index is 12.7. The number of hydrogen-bond acceptors (Lipinski definition) is 8. The summed E-state index contributed by atoms with van der Waals surface area (Å²) in [5.74, 6) is -0.863. The van der Waals surface area contributed by atoms with Crippen LogP contribution in [0.3, 0.4) is 0 Å². The Hall–Kier alpha value is -3.33. The summed E-state index contributed by atoms with van der Waals surface area (Å²) < 4.78 is 33.1. The van der Waals surface area contributed by atoms with E-state index in [9.17, 15) is 19.0 Å². The van der Waals surface area contributed by atoms with Crippen molar-refractivity contribution in [2.24, 2.45) is 5.73 Å². The normalized spacial score (nSPS) is 13.7. The highest BCUT2D eigenvalue weighted by molar-refractivity contribution is 7.47. The lowest BCUT2D eigenvalue weighted by Gasteiger charge is -2.19. The molecule has 0 bridgehead atoms. The second-order valence-corrected chi connectivity index (χ2v) is 23.4. The van der Waals surface area contributed by atoms with E-state index >= 15 is 0 Å². The van der Waals surface area contributed by atoms with Gasteiger partial charge < -0.3 is 20.1 Å². The third-order valence-corrected chi connectivity index (χ3v) is 15.1. The highest BCUT2D eigenvalue weighted by atomic mass is 31.2. The third kappa shape index (κ3) is 65.7. The van der Waals surface area contributed by atoms with Gasteiger partial charge in [0.05, 0.1) is 13.2 Å². The summed E-state index contributed by atoms with van der Waals surface area (Å²) >= 11 is 0. The van der Waals surface area contributed by atoms with E-state index in [-0.39, 0.29) is 38.6 Å². The Morgan fingerprint density at radius 2 is 0.679 bits per heavy atom. The SMILES string of the molecule is CC/C=C\C/C=C\C/C=C\C/C=C\C/C=C\C/C=C\C/C=C\CCCCCC(=O)OC(COC(=O)CCCCCCCCCCCCCCCCCCCCCCCCC/C=C\C/C=C\CCCCCCC)COP(=O)(O)OCCN. The lowest BCUT2D eigenvalue weighted by molar-refractivity contribution is -0.161. The summed E-state index contributed by atoms with van der Waals surface area (Å²) in [5.41, 5.74) is 5.39. The zero-order valence-corrected chi connectivity index (χ0v) is 53.1. The van der Waals surface area contributed by atoms with Crippen LogP contribution in [-0.4, -0.2) is 49.3 Å². The van der Waals surface area contributed by atoms with Gasteiger partial charge >= 0.3 is 19.8 Å². The van der Waals surface area contributed by atoms with E-state index in [1.165, 1.54) is 173 Å². The molecule has 0 saturated heterocycles. The zero-order chi connectivity index (χ0) is 58.7. The maximum Gasteiger partial charge on any atom is 0.472 e. The first-order valence-electron chi connectivity index (χ1n) is 33.4. The van der Waals surface area contributed by atoms with Gasteiger partial charge in [0, 0.05) is 19.4 Å². The van der Waals surface area contributed by atoms with Crippen molar-refractivity contribution in [3.05, 3.63) is 109 Å². The van der Waals surface area contributed by atoms with Crippen LogP contribution in [0.25, 0.3) is 0 Å². The number of phosphoric acid groups is 1. The largest absolute Gasteiger partial charge is 0.472 e. The molecule has 0 aliphatic heterocycles. The first-order chi connectivity index (χ1) is 39.8. The minimum Gasteiger partial charge on any atom is -0.462 e. The van der Waals surface area contributed by atoms with Crippen LogP contribution in [0.15, 0.2) is 109 Å². The minimum absolute atomic E-state index is 0.0432. The van der Waals surface area contributed by atoms with Gasteiger partial charge in [0.2, 0.25) is 0 Å². The van der Waals surface area contributed by atoms with E-state index in [1.807, 2.05) is 0 Å². The van der Waals surface area contributed by atoms with E-state index in [4.69, 9.17) is 24.3 Å². The average Bonchev–Trinajstić information content (AvgIpc) is 3.46. The molecule has 0 aliphatic rings. The van der Waals surface area contributed by atoms with Gasteiger partial charge in [0.15, 0.2) is 6.10 Å². The van der Waals surface area contributed by atoms with Crippen LogP contribution in [-0.2, 0) is 32.7 Å². The van der Waals surface area contributed by atoms with Gasteiger partial charge in [-0.15, -0.1) is 0 Å². The van der Waals surface area contributed by atoms with Crippen molar-refractivity contribution in [2.75, 3.05) is 26.4 Å². The van der Waals surface area contributed by atoms with E-state index in [0.717, 1.165) is 89.9 Å². The number of carbonyl (C=O) groups excluding carboxylic acids is 2. The van der Waals surface area contributed by atoms with Gasteiger partial charge in [0.1, 0.15) is 6.61 Å². The summed E-state index contributed by atoms with van der Waals surface area (Å²) in [6.45, 7) is 3.60. The van der Waals surface area contributed by atoms with Gasteiger partial charge in [-0.05, 0) is 103 Å². The van der Waals surface area contributed by atoms with E-state index in [1.54, 1.807) is 0 Å². The molecule has 0 amide bonds. The summed E-state index contributed by atoms with van der Waals surface area (Å²) in [6.07, 6.45) is 90.4. The van der Waals surface area contributed by atoms with Gasteiger partial charge in [0.25, 0.3) is 0 Å². The van der Waals surface area contributed by atoms with Crippen molar-refractivity contribution in [1.82, 2.24) is 0 Å². The molecule has 0 aliphatic carbocycles. The van der Waals surface area contributed by atoms with Gasteiger partial charge in [-0.25, -0.2) is 4.57 Å². The Kier molecular flexibility index (Phi) is 63.1. The maximum absolute atomic E-state index is 12.7. The van der Waals surface area contributed by atoms with Crippen molar-refractivity contribution in [3.63, 3.8) is 0 Å². The summed E-state index contributed by atoms with van der Waals surface area (Å²) in [6, 6.07) is 0. The lowest BCUT2D eigenvalue weighted by atomic mass is 10.0. The zero-order valence-electron chi connectivity index (χ0n) is 52.2. The van der Waals surface area contributed by atoms with Gasteiger partial charge in [-0.1, -0.05) is 290 Å². The molecule has 0 aromatic heterocycles. The Morgan fingerprint density at radius 1 is 0.383 bits per heavy atom. The molecule has 2 atom stereocenters. The molecule has 0 aromatic rings. The molecular weight excluding hydrogens is 1030 g/mol. The number of nitrogens with two attached hydrogens (primary N) is 1. The van der Waals surface area contributed by atoms with Crippen molar-refractivity contribution in [1.29, 1.82) is 0 Å². The summed E-state index contributed by atoms with van der Waals surface area (Å²) in [4.78, 5) is 35.3. The van der Waals surface area contributed by atoms with Gasteiger partial charge in [-0.2, -0.15) is 0 Å². The summed E-state index contributed by atoms with van der Waals surface area (Å²) in [5, 5.41) is 0. The molecule has 0 saturated carbocycles. The summed E-state index contributed by atoms with van der Waals surface area (Å²) in [7, 11) is -4.41. The molecule has 3 N–H and O–H groups in total. The highest BCUT2D eigenvalue weighted by Gasteiger charge is 2.26. The number of carbonyl (C=O) groups is 2. The van der Waals surface area contributed by atoms with Crippen LogP contribution in [0.5, 0.6) is 0 Å². The number of hydrogen-bond donors (Lipinski definition) is 2. The van der Waals surface area contributed by atoms with E-state index < -0.39 is 26.5 Å². The Morgan fingerprint density at radius 3 is 1.02 bits per heavy atom. The lowest BCUT2D eigenvalue weighted by Crippen LogP contribution is -2.29. The number of ether oxygens (including phenoxy) is 2. The van der Waals surface area contributed by atoms with Crippen molar-refractivity contribution in [2.45, 2.75) is 302 Å². The predicted molar refractivity (Wildman–Crippen MR) is 348 cm³/mol. The molecule has 0 aromatic carbocycles. The third-order valence-electron chi connectivity index (χ3n) is 14.1. The molecule has 0 rings (SSSR count). The fourth-order valence-electron chi connectivity index (χ4n) is 9.24. The number of rotatable bonds is 62. The fourth-order valence-corrected chi connectivity index (χ4v) is 10.0. The van der Waals surface area contributed by atoms with Crippen LogP contribution in [0.4, 0.5) is 0 Å². The standard InChI is InChI=1S/C71H124NO8P/c1-3-5-7-9-11-13-15-17-19-21-23-25-27-29-30-31-32-33-34-35-36-37-38-40-41-43-45-47-49-51-53-55-57-59-61-63-70(73)77-67-69(68-79-81(75,76)78-66-65-72)80-71(74)64-62-60-58-56-54-52-50-48-46-44-42-39-28-26-24-22-20-18-16-14-12-10-8-6-4-2/h6,8,12,14-15,17-18,20-21,23-24,26,39,42,46,48,52,54,69H,3-5,7,9-11,13,16,19,22,25,27-38,40-41,43-45,47,49-51,53,55-68,72H2,1-2H3,(H,75,76)/b8-6-,14-12-,17-15-,20-18-,23-21-,26-24-,42-39-,48-46-,54-52-. The number of unbranched alkanes of at least 4 members (excludes halogenated alkanes) is 31. The first kappa shape index (κ1) is 77.7. The van der Waals surface area contributed by atoms with Crippen LogP contribution >= 0.6 is 7.82 Å². The number of phosphoric ester groups is 1. The van der Waals surface area contributed by atoms with Crippen LogP contribution in [0.2, 0.25) is 0 Å². The van der Waals surface area contributed by atoms with Crippen LogP contribution < -0.4 is 5.73 Å². The van der Waals surface area contributed by atoms with Crippen molar-refractivity contribution >= 4 is 19.8 Å². The molecule has 0 spiro atoms.